The summed E-state index contributed by atoms with van der Waals surface area (Å²) in [5, 5.41) is 2.45. The first kappa shape index (κ1) is 10.4. The van der Waals surface area contributed by atoms with E-state index < -0.39 is 5.82 Å². The molecule has 0 atom stereocenters. The number of anilines is 1. The quantitative estimate of drug-likeness (QED) is 0.825. The Morgan fingerprint density at radius 2 is 2.00 bits per heavy atom. The van der Waals surface area contributed by atoms with Crippen molar-refractivity contribution < 1.29 is 9.18 Å². The second-order valence-corrected chi connectivity index (χ2v) is 3.44. The van der Waals surface area contributed by atoms with Crippen LogP contribution in [0.1, 0.15) is 6.92 Å². The van der Waals surface area contributed by atoms with Gasteiger partial charge in [-0.2, -0.15) is 0 Å². The maximum absolute atomic E-state index is 13.3. The van der Waals surface area contributed by atoms with E-state index in [-0.39, 0.29) is 11.6 Å². The van der Waals surface area contributed by atoms with Crippen molar-refractivity contribution in [2.45, 2.75) is 6.92 Å². The van der Waals surface area contributed by atoms with E-state index in [1.807, 2.05) is 29.1 Å². The van der Waals surface area contributed by atoms with Gasteiger partial charge in [-0.15, -0.1) is 0 Å². The molecule has 4 heteroatoms. The molecule has 2 aromatic rings. The molecule has 0 aliphatic heterocycles. The van der Waals surface area contributed by atoms with Crippen LogP contribution >= 0.6 is 0 Å². The third-order valence-electron chi connectivity index (χ3n) is 2.16. The summed E-state index contributed by atoms with van der Waals surface area (Å²) in [4.78, 5) is 10.9. The average Bonchev–Trinajstić information content (AvgIpc) is 2.73. The van der Waals surface area contributed by atoms with E-state index in [0.717, 1.165) is 5.69 Å². The van der Waals surface area contributed by atoms with Gasteiger partial charge in [-0.1, -0.05) is 0 Å². The summed E-state index contributed by atoms with van der Waals surface area (Å²) in [6.45, 7) is 1.35. The molecule has 0 unspecified atom stereocenters. The molecule has 1 aromatic carbocycles. The molecule has 82 valence electrons. The molecule has 0 saturated carbocycles. The van der Waals surface area contributed by atoms with Gasteiger partial charge in [-0.05, 0) is 30.3 Å². The Morgan fingerprint density at radius 3 is 2.62 bits per heavy atom. The summed E-state index contributed by atoms with van der Waals surface area (Å²) in [6, 6.07) is 8.33. The second kappa shape index (κ2) is 4.18. The zero-order chi connectivity index (χ0) is 11.5. The molecule has 0 saturated heterocycles. The molecule has 1 aromatic heterocycles. The third-order valence-corrected chi connectivity index (χ3v) is 2.16. The lowest BCUT2D eigenvalue weighted by Crippen LogP contribution is -2.08. The second-order valence-electron chi connectivity index (χ2n) is 3.44. The summed E-state index contributed by atoms with van der Waals surface area (Å²) in [6.07, 6.45) is 3.70. The fraction of sp³-hybridized carbons (Fsp3) is 0.0833. The van der Waals surface area contributed by atoms with Gasteiger partial charge in [0.15, 0.2) is 0 Å². The predicted molar refractivity (Wildman–Crippen MR) is 60.0 cm³/mol. The topological polar surface area (TPSA) is 34.0 Å². The van der Waals surface area contributed by atoms with E-state index in [2.05, 4.69) is 5.32 Å². The molecule has 0 aliphatic rings. The smallest absolute Gasteiger partial charge is 0.221 e. The van der Waals surface area contributed by atoms with E-state index in [4.69, 9.17) is 0 Å². The van der Waals surface area contributed by atoms with Crippen LogP contribution in [0.4, 0.5) is 10.1 Å². The van der Waals surface area contributed by atoms with Crippen molar-refractivity contribution in [2.75, 3.05) is 5.32 Å². The fourth-order valence-corrected chi connectivity index (χ4v) is 1.47. The van der Waals surface area contributed by atoms with Crippen LogP contribution in [0.25, 0.3) is 5.69 Å². The van der Waals surface area contributed by atoms with Gasteiger partial charge in [-0.25, -0.2) is 4.39 Å². The first-order chi connectivity index (χ1) is 7.66. The van der Waals surface area contributed by atoms with Crippen LogP contribution in [-0.2, 0) is 4.79 Å². The summed E-state index contributed by atoms with van der Waals surface area (Å²) < 4.78 is 15.2. The molecule has 1 heterocycles. The highest BCUT2D eigenvalue weighted by molar-refractivity contribution is 5.89. The number of hydrogen-bond donors (Lipinski definition) is 1. The maximum atomic E-state index is 13.3. The highest BCUT2D eigenvalue weighted by atomic mass is 19.1. The standard InChI is InChI=1S/C12H11FN2O/c1-9(16)14-12-8-10(4-5-11(12)13)15-6-2-3-7-15/h2-8H,1H3,(H,14,16). The lowest BCUT2D eigenvalue weighted by Gasteiger charge is -2.07. The van der Waals surface area contributed by atoms with E-state index in [1.54, 1.807) is 12.1 Å². The number of carbonyl (C=O) groups excluding carboxylic acids is 1. The number of carbonyl (C=O) groups is 1. The van der Waals surface area contributed by atoms with Gasteiger partial charge in [-0.3, -0.25) is 4.79 Å². The molecule has 0 fully saturated rings. The van der Waals surface area contributed by atoms with Crippen molar-refractivity contribution in [1.29, 1.82) is 0 Å². The van der Waals surface area contributed by atoms with E-state index >= 15 is 0 Å². The zero-order valence-corrected chi connectivity index (χ0v) is 8.77. The third kappa shape index (κ3) is 2.11. The molecule has 3 nitrogen and oxygen atoms in total. The Balaban J connectivity index is 2.39. The maximum Gasteiger partial charge on any atom is 0.221 e. The van der Waals surface area contributed by atoms with Crippen molar-refractivity contribution in [1.82, 2.24) is 4.57 Å². The Bertz CT molecular complexity index is 506. The number of nitrogens with one attached hydrogen (secondary N) is 1. The van der Waals surface area contributed by atoms with Crippen LogP contribution in [0.3, 0.4) is 0 Å². The van der Waals surface area contributed by atoms with Crippen LogP contribution in [0, 0.1) is 5.82 Å². The number of halogens is 1. The van der Waals surface area contributed by atoms with Crippen LogP contribution < -0.4 is 5.32 Å². The molecule has 0 bridgehead atoms. The predicted octanol–water partition coefficient (Wildman–Crippen LogP) is 2.57. The number of hydrogen-bond acceptors (Lipinski definition) is 1. The van der Waals surface area contributed by atoms with Crippen LogP contribution in [0.5, 0.6) is 0 Å². The van der Waals surface area contributed by atoms with Crippen LogP contribution in [0.15, 0.2) is 42.7 Å². The number of benzene rings is 1. The molecule has 16 heavy (non-hydrogen) atoms. The van der Waals surface area contributed by atoms with Crippen molar-refractivity contribution in [3.8, 4) is 5.69 Å². The minimum absolute atomic E-state index is 0.193. The molecule has 0 radical (unpaired) electrons. The van der Waals surface area contributed by atoms with Crippen LogP contribution in [-0.4, -0.2) is 10.5 Å². The van der Waals surface area contributed by atoms with E-state index in [9.17, 15) is 9.18 Å². The number of rotatable bonds is 2. The van der Waals surface area contributed by atoms with Gasteiger partial charge in [0.05, 0.1) is 5.69 Å². The summed E-state index contributed by atoms with van der Waals surface area (Å²) in [5.74, 6) is -0.727. The minimum Gasteiger partial charge on any atom is -0.324 e. The first-order valence-corrected chi connectivity index (χ1v) is 4.87. The Kier molecular flexibility index (Phi) is 2.72. The summed E-state index contributed by atoms with van der Waals surface area (Å²) >= 11 is 0. The highest BCUT2D eigenvalue weighted by Crippen LogP contribution is 2.18. The SMILES string of the molecule is CC(=O)Nc1cc(-n2cccc2)ccc1F. The molecule has 0 spiro atoms. The summed E-state index contributed by atoms with van der Waals surface area (Å²) in [7, 11) is 0. The van der Waals surface area contributed by atoms with Crippen molar-refractivity contribution in [3.63, 3.8) is 0 Å². The molecule has 1 amide bonds. The lowest BCUT2D eigenvalue weighted by atomic mass is 10.2. The molecule has 2 rings (SSSR count). The molecular formula is C12H11FN2O. The van der Waals surface area contributed by atoms with E-state index in [0.29, 0.717) is 0 Å². The lowest BCUT2D eigenvalue weighted by molar-refractivity contribution is -0.114. The number of nitrogens with zero attached hydrogens (tertiary/aromatic N) is 1. The van der Waals surface area contributed by atoms with Gasteiger partial charge in [0, 0.05) is 25.0 Å². The Morgan fingerprint density at radius 1 is 1.31 bits per heavy atom. The molecule has 0 aliphatic carbocycles. The average molecular weight is 218 g/mol. The monoisotopic (exact) mass is 218 g/mol. The van der Waals surface area contributed by atoms with Crippen LogP contribution in [0.2, 0.25) is 0 Å². The Labute approximate surface area is 92.5 Å². The van der Waals surface area contributed by atoms with Gasteiger partial charge in [0.25, 0.3) is 0 Å². The normalized spacial score (nSPS) is 10.1. The van der Waals surface area contributed by atoms with E-state index in [1.165, 1.54) is 13.0 Å². The molecule has 1 N–H and O–H groups in total. The summed E-state index contributed by atoms with van der Waals surface area (Å²) in [5.41, 5.74) is 0.994. The van der Waals surface area contributed by atoms with Crippen molar-refractivity contribution in [2.24, 2.45) is 0 Å². The number of aromatic nitrogens is 1. The first-order valence-electron chi connectivity index (χ1n) is 4.87. The van der Waals surface area contributed by atoms with Gasteiger partial charge < -0.3 is 9.88 Å². The number of amides is 1. The van der Waals surface area contributed by atoms with Crippen molar-refractivity contribution >= 4 is 11.6 Å². The largest absolute Gasteiger partial charge is 0.324 e. The Hall–Kier alpha value is -2.10. The van der Waals surface area contributed by atoms with Gasteiger partial charge in [0.1, 0.15) is 5.82 Å². The zero-order valence-electron chi connectivity index (χ0n) is 8.77. The fourth-order valence-electron chi connectivity index (χ4n) is 1.47. The molecular weight excluding hydrogens is 207 g/mol. The minimum atomic E-state index is -0.439. The van der Waals surface area contributed by atoms with Gasteiger partial charge in [0.2, 0.25) is 5.91 Å². The highest BCUT2D eigenvalue weighted by Gasteiger charge is 2.05. The van der Waals surface area contributed by atoms with Crippen molar-refractivity contribution in [3.05, 3.63) is 48.5 Å². The van der Waals surface area contributed by atoms with Gasteiger partial charge >= 0.3 is 0 Å².